The first-order valence-corrected chi connectivity index (χ1v) is 22.8. The first kappa shape index (κ1) is 45.3. The topological polar surface area (TPSA) is 107 Å². The molecule has 2 unspecified atom stereocenters. The van der Waals surface area contributed by atoms with Gasteiger partial charge in [0.2, 0.25) is 0 Å². The minimum Gasteiger partial charge on any atom is -0.481 e. The summed E-state index contributed by atoms with van der Waals surface area (Å²) >= 11 is 6.26. The lowest BCUT2D eigenvalue weighted by molar-refractivity contribution is -0.235. The first-order valence-electron chi connectivity index (χ1n) is 22.4. The SMILES string of the molecule is CC(C)C1=C2[C@H]3CC[C@@H]4[C@@]5(C)CC[C@H](OC(=O)CC(C)(C)C(=O)O)C(C)(C)[C@@H]5CC[C@@]4(C)[C@]3(C)CCC2(C(O)CN(CCCN(C)C)Cc2ccc(Cl)cc2)CC1=O. The van der Waals surface area contributed by atoms with Crippen LogP contribution in [0.15, 0.2) is 35.4 Å². The summed E-state index contributed by atoms with van der Waals surface area (Å²) in [6, 6.07) is 8.04. The summed E-state index contributed by atoms with van der Waals surface area (Å²) in [5, 5.41) is 23.1. The van der Waals surface area contributed by atoms with E-state index < -0.39 is 28.9 Å². The summed E-state index contributed by atoms with van der Waals surface area (Å²) < 4.78 is 6.20. The summed E-state index contributed by atoms with van der Waals surface area (Å²) in [4.78, 5) is 43.9. The number of carbonyl (C=O) groups excluding carboxylic acids is 2. The molecule has 324 valence electrons. The minimum atomic E-state index is -1.17. The molecule has 1 aromatic carbocycles. The molecule has 5 aliphatic carbocycles. The van der Waals surface area contributed by atoms with Gasteiger partial charge in [-0.25, -0.2) is 0 Å². The number of aliphatic hydroxyl groups is 1. The normalized spacial score (nSPS) is 35.1. The molecule has 1 aromatic rings. The highest BCUT2D eigenvalue weighted by Gasteiger charge is 2.71. The first-order chi connectivity index (χ1) is 26.9. The molecule has 0 amide bonds. The van der Waals surface area contributed by atoms with Crippen LogP contribution in [-0.4, -0.2) is 83.7 Å². The van der Waals surface area contributed by atoms with E-state index in [2.05, 4.69) is 84.5 Å². The Kier molecular flexibility index (Phi) is 12.7. The number of halogens is 1. The summed E-state index contributed by atoms with van der Waals surface area (Å²) in [5.74, 6) is 0.0120. The van der Waals surface area contributed by atoms with Crippen molar-refractivity contribution < 1.29 is 29.3 Å². The van der Waals surface area contributed by atoms with E-state index in [1.165, 1.54) is 11.1 Å². The lowest BCUT2D eigenvalue weighted by Crippen LogP contribution is -2.66. The van der Waals surface area contributed by atoms with Gasteiger partial charge in [0, 0.05) is 35.4 Å². The van der Waals surface area contributed by atoms with Crippen molar-refractivity contribution in [3.8, 4) is 0 Å². The van der Waals surface area contributed by atoms with Crippen molar-refractivity contribution in [2.75, 3.05) is 33.7 Å². The van der Waals surface area contributed by atoms with E-state index in [0.717, 1.165) is 88.0 Å². The van der Waals surface area contributed by atoms with E-state index in [9.17, 15) is 24.6 Å². The molecule has 0 radical (unpaired) electrons. The minimum absolute atomic E-state index is 0.0300. The Morgan fingerprint density at radius 1 is 0.914 bits per heavy atom. The van der Waals surface area contributed by atoms with Crippen LogP contribution in [0.1, 0.15) is 139 Å². The lowest BCUT2D eigenvalue weighted by atomic mass is 9.33. The van der Waals surface area contributed by atoms with Gasteiger partial charge in [0.1, 0.15) is 6.10 Å². The fraction of sp³-hybridized carbons (Fsp3) is 0.776. The molecule has 5 aliphatic rings. The van der Waals surface area contributed by atoms with E-state index in [0.29, 0.717) is 24.8 Å². The van der Waals surface area contributed by atoms with E-state index in [-0.39, 0.29) is 51.8 Å². The Bertz CT molecular complexity index is 1750. The van der Waals surface area contributed by atoms with Gasteiger partial charge in [-0.2, -0.15) is 0 Å². The Labute approximate surface area is 354 Å². The quantitative estimate of drug-likeness (QED) is 0.179. The van der Waals surface area contributed by atoms with E-state index in [4.69, 9.17) is 16.3 Å². The largest absolute Gasteiger partial charge is 0.481 e. The van der Waals surface area contributed by atoms with Crippen LogP contribution in [-0.2, 0) is 25.7 Å². The summed E-state index contributed by atoms with van der Waals surface area (Å²) in [7, 11) is 4.20. The fourth-order valence-corrected chi connectivity index (χ4v) is 14.2. The molecule has 0 spiro atoms. The highest BCUT2D eigenvalue weighted by atomic mass is 35.5. The number of nitrogens with zero attached hydrogens (tertiary/aromatic N) is 2. The molecular formula is C49H75ClN2O6. The Morgan fingerprint density at radius 3 is 2.21 bits per heavy atom. The number of allylic oxidation sites excluding steroid dienone is 1. The predicted octanol–water partition coefficient (Wildman–Crippen LogP) is 9.85. The van der Waals surface area contributed by atoms with Crippen LogP contribution in [0.25, 0.3) is 0 Å². The van der Waals surface area contributed by atoms with Crippen molar-refractivity contribution in [3.05, 3.63) is 46.0 Å². The van der Waals surface area contributed by atoms with E-state index in [1.54, 1.807) is 13.8 Å². The monoisotopic (exact) mass is 823 g/mol. The number of aliphatic hydroxyl groups excluding tert-OH is 1. The van der Waals surface area contributed by atoms with Crippen molar-refractivity contribution in [1.82, 2.24) is 9.80 Å². The molecule has 9 atom stereocenters. The van der Waals surface area contributed by atoms with Crippen LogP contribution in [0.3, 0.4) is 0 Å². The molecule has 8 nitrogen and oxygen atoms in total. The smallest absolute Gasteiger partial charge is 0.309 e. The highest BCUT2D eigenvalue weighted by Crippen LogP contribution is 2.77. The third-order valence-corrected chi connectivity index (χ3v) is 17.6. The number of esters is 1. The molecule has 2 N–H and O–H groups in total. The van der Waals surface area contributed by atoms with Crippen LogP contribution in [0.5, 0.6) is 0 Å². The van der Waals surface area contributed by atoms with E-state index >= 15 is 0 Å². The molecule has 6 rings (SSSR count). The van der Waals surface area contributed by atoms with Gasteiger partial charge in [-0.1, -0.05) is 77.8 Å². The standard InChI is InChI=1S/C49H75ClN2O6/c1-31(2)41-35(53)27-49(38(54)30-52(26-12-25-51(10)11)29-32-13-15-33(50)16-14-32)24-23-47(8)34(42(41)49)17-18-37-46(7)21-20-39(58-40(55)28-44(3,4)43(56)57)45(5,6)36(46)19-22-48(37,47)9/h13-16,31,34,36-39,54H,12,17-30H2,1-11H3,(H,56,57)/t34-,36+,37-,38?,39+,46+,47-,48-,49?/m1/s1. The van der Waals surface area contributed by atoms with Gasteiger partial charge in [0.25, 0.3) is 0 Å². The van der Waals surface area contributed by atoms with Crippen LogP contribution in [0, 0.1) is 56.2 Å². The van der Waals surface area contributed by atoms with Gasteiger partial charge in [-0.15, -0.1) is 0 Å². The maximum atomic E-state index is 14.4. The van der Waals surface area contributed by atoms with Crippen LogP contribution < -0.4 is 0 Å². The fourth-order valence-electron chi connectivity index (χ4n) is 14.0. The number of ether oxygens (including phenoxy) is 1. The Morgan fingerprint density at radius 2 is 1.59 bits per heavy atom. The van der Waals surface area contributed by atoms with Crippen molar-refractivity contribution in [2.24, 2.45) is 56.2 Å². The average molecular weight is 824 g/mol. The Balaban J connectivity index is 1.28. The second-order valence-corrected chi connectivity index (χ2v) is 22.5. The molecule has 0 bridgehead atoms. The van der Waals surface area contributed by atoms with Gasteiger partial charge in [0.15, 0.2) is 5.78 Å². The van der Waals surface area contributed by atoms with Crippen molar-refractivity contribution >= 4 is 29.3 Å². The van der Waals surface area contributed by atoms with Gasteiger partial charge in [-0.05, 0) is 162 Å². The number of rotatable bonds is 14. The lowest BCUT2D eigenvalue weighted by Gasteiger charge is -2.72. The predicted molar refractivity (Wildman–Crippen MR) is 231 cm³/mol. The molecule has 9 heteroatoms. The second kappa shape index (κ2) is 16.2. The molecule has 0 saturated heterocycles. The number of carbonyl (C=O) groups is 3. The number of carboxylic acids is 1. The molecule has 4 saturated carbocycles. The number of hydrogen-bond acceptors (Lipinski definition) is 7. The van der Waals surface area contributed by atoms with Crippen molar-refractivity contribution in [1.29, 1.82) is 0 Å². The maximum Gasteiger partial charge on any atom is 0.309 e. The van der Waals surface area contributed by atoms with Crippen LogP contribution in [0.2, 0.25) is 5.02 Å². The highest BCUT2D eigenvalue weighted by molar-refractivity contribution is 6.30. The van der Waals surface area contributed by atoms with E-state index in [1.807, 2.05) is 12.1 Å². The summed E-state index contributed by atoms with van der Waals surface area (Å²) in [6.45, 7) is 22.8. The zero-order valence-electron chi connectivity index (χ0n) is 37.7. The molecule has 0 aliphatic heterocycles. The molecule has 58 heavy (non-hydrogen) atoms. The van der Waals surface area contributed by atoms with Gasteiger partial charge >= 0.3 is 11.9 Å². The third-order valence-electron chi connectivity index (χ3n) is 17.3. The molecule has 4 fully saturated rings. The number of ketones is 1. The number of Topliss-reactive ketones (excluding diaryl/α,β-unsaturated/α-hetero) is 1. The van der Waals surface area contributed by atoms with Crippen LogP contribution in [0.4, 0.5) is 0 Å². The zero-order chi connectivity index (χ0) is 42.8. The number of aliphatic carboxylic acids is 1. The summed E-state index contributed by atoms with van der Waals surface area (Å²) in [5.41, 5.74) is 1.57. The Hall–Kier alpha value is -2.26. The average Bonchev–Trinajstić information content (AvgIpc) is 3.43. The maximum absolute atomic E-state index is 14.4. The number of carboxylic acid groups (broad SMARTS) is 1. The van der Waals surface area contributed by atoms with Crippen LogP contribution >= 0.6 is 11.6 Å². The molecular weight excluding hydrogens is 748 g/mol. The molecule has 0 aromatic heterocycles. The van der Waals surface area contributed by atoms with Crippen molar-refractivity contribution in [3.63, 3.8) is 0 Å². The summed E-state index contributed by atoms with van der Waals surface area (Å²) in [6.07, 6.45) is 8.15. The zero-order valence-corrected chi connectivity index (χ0v) is 38.4. The van der Waals surface area contributed by atoms with Crippen molar-refractivity contribution in [2.45, 2.75) is 152 Å². The third kappa shape index (κ3) is 7.77. The number of hydrogen-bond donors (Lipinski definition) is 2. The second-order valence-electron chi connectivity index (χ2n) is 22.1. The number of benzene rings is 1. The van der Waals surface area contributed by atoms with Gasteiger partial charge in [-0.3, -0.25) is 19.3 Å². The van der Waals surface area contributed by atoms with Gasteiger partial charge < -0.3 is 19.8 Å². The number of fused-ring (bicyclic) bond motifs is 7. The van der Waals surface area contributed by atoms with Gasteiger partial charge in [0.05, 0.1) is 17.9 Å². The molecule has 0 heterocycles.